The van der Waals surface area contributed by atoms with E-state index in [1.54, 1.807) is 24.4 Å². The van der Waals surface area contributed by atoms with Crippen molar-refractivity contribution < 1.29 is 14.3 Å². The summed E-state index contributed by atoms with van der Waals surface area (Å²) >= 11 is 0. The van der Waals surface area contributed by atoms with Crippen LogP contribution in [0.4, 0.5) is 0 Å². The summed E-state index contributed by atoms with van der Waals surface area (Å²) in [5.74, 6) is 1.51. The largest absolute Gasteiger partial charge is 0.497 e. The van der Waals surface area contributed by atoms with Crippen LogP contribution in [0.1, 0.15) is 24.1 Å². The molecule has 0 bridgehead atoms. The van der Waals surface area contributed by atoms with Crippen LogP contribution in [0, 0.1) is 5.92 Å². The second kappa shape index (κ2) is 6.91. The minimum Gasteiger partial charge on any atom is -0.497 e. The predicted octanol–water partition coefficient (Wildman–Crippen LogP) is 2.86. The molecule has 1 aromatic heterocycles. The molecular weight excluding hydrogens is 304 g/mol. The van der Waals surface area contributed by atoms with Crippen molar-refractivity contribution in [2.45, 2.75) is 19.4 Å². The third kappa shape index (κ3) is 3.20. The van der Waals surface area contributed by atoms with Crippen LogP contribution in [-0.4, -0.2) is 36.6 Å². The van der Waals surface area contributed by atoms with Crippen molar-refractivity contribution >= 4 is 5.91 Å². The molecule has 0 N–H and O–H groups in total. The Morgan fingerprint density at radius 2 is 2.08 bits per heavy atom. The van der Waals surface area contributed by atoms with Gasteiger partial charge in [-0.05, 0) is 42.7 Å². The van der Waals surface area contributed by atoms with E-state index in [0.29, 0.717) is 13.0 Å². The van der Waals surface area contributed by atoms with Crippen molar-refractivity contribution in [3.63, 3.8) is 0 Å². The van der Waals surface area contributed by atoms with E-state index < -0.39 is 0 Å². The van der Waals surface area contributed by atoms with Crippen LogP contribution in [0.2, 0.25) is 0 Å². The summed E-state index contributed by atoms with van der Waals surface area (Å²) in [7, 11) is 3.48. The lowest BCUT2D eigenvalue weighted by Gasteiger charge is -2.31. The Kier molecular flexibility index (Phi) is 4.69. The number of hydrogen-bond donors (Lipinski definition) is 0. The average Bonchev–Trinajstić information content (AvgIpc) is 2.66. The van der Waals surface area contributed by atoms with Crippen molar-refractivity contribution in [3.8, 4) is 11.5 Å². The Morgan fingerprint density at radius 3 is 2.79 bits per heavy atom. The van der Waals surface area contributed by atoms with Crippen LogP contribution >= 0.6 is 0 Å². The molecule has 126 valence electrons. The number of ether oxygens (including phenoxy) is 2. The maximum absolute atomic E-state index is 12.9. The number of benzene rings is 1. The summed E-state index contributed by atoms with van der Waals surface area (Å²) < 4.78 is 11.0. The fourth-order valence-electron chi connectivity index (χ4n) is 2.98. The number of nitrogens with zero attached hydrogens (tertiary/aromatic N) is 2. The molecule has 5 nitrogen and oxygen atoms in total. The van der Waals surface area contributed by atoms with Gasteiger partial charge in [-0.25, -0.2) is 0 Å². The van der Waals surface area contributed by atoms with Gasteiger partial charge in [-0.3, -0.25) is 9.78 Å². The third-order valence-corrected chi connectivity index (χ3v) is 4.65. The minimum absolute atomic E-state index is 0.00207. The second-order valence-corrected chi connectivity index (χ2v) is 6.09. The molecule has 5 heteroatoms. The van der Waals surface area contributed by atoms with Gasteiger partial charge in [-0.2, -0.15) is 0 Å². The maximum atomic E-state index is 12.9. The minimum atomic E-state index is -0.166. The summed E-state index contributed by atoms with van der Waals surface area (Å²) in [5.41, 5.74) is 2.12. The van der Waals surface area contributed by atoms with E-state index in [1.807, 2.05) is 44.3 Å². The van der Waals surface area contributed by atoms with Gasteiger partial charge >= 0.3 is 0 Å². The van der Waals surface area contributed by atoms with Crippen LogP contribution < -0.4 is 9.47 Å². The first-order chi connectivity index (χ1) is 11.6. The highest BCUT2D eigenvalue weighted by Crippen LogP contribution is 2.32. The number of aromatic nitrogens is 1. The predicted molar refractivity (Wildman–Crippen MR) is 91.1 cm³/mol. The van der Waals surface area contributed by atoms with E-state index in [-0.39, 0.29) is 17.9 Å². The Morgan fingerprint density at radius 1 is 1.33 bits per heavy atom. The monoisotopic (exact) mass is 326 g/mol. The number of carbonyl (C=O) groups excluding carboxylic acids is 1. The summed E-state index contributed by atoms with van der Waals surface area (Å²) in [6, 6.07) is 9.62. The zero-order valence-corrected chi connectivity index (χ0v) is 14.2. The molecule has 0 saturated carbocycles. The highest BCUT2D eigenvalue weighted by Gasteiger charge is 2.30. The molecule has 0 saturated heterocycles. The topological polar surface area (TPSA) is 51.7 Å². The lowest BCUT2D eigenvalue weighted by molar-refractivity contribution is -0.137. The smallest absolute Gasteiger partial charge is 0.229 e. The zero-order chi connectivity index (χ0) is 17.1. The van der Waals surface area contributed by atoms with Crippen LogP contribution in [0.3, 0.4) is 0 Å². The number of pyridine rings is 1. The average molecular weight is 326 g/mol. The maximum Gasteiger partial charge on any atom is 0.229 e. The molecule has 1 amide bonds. The number of fused-ring (bicyclic) bond motifs is 1. The quantitative estimate of drug-likeness (QED) is 0.867. The van der Waals surface area contributed by atoms with Crippen LogP contribution in [0.25, 0.3) is 0 Å². The molecule has 1 aliphatic rings. The van der Waals surface area contributed by atoms with Gasteiger partial charge < -0.3 is 14.4 Å². The molecule has 1 aliphatic heterocycles. The van der Waals surface area contributed by atoms with Crippen molar-refractivity contribution in [1.82, 2.24) is 9.88 Å². The molecule has 2 heterocycles. The normalized spacial score (nSPS) is 17.4. The first-order valence-electron chi connectivity index (χ1n) is 8.06. The second-order valence-electron chi connectivity index (χ2n) is 6.09. The van der Waals surface area contributed by atoms with E-state index in [0.717, 1.165) is 22.6 Å². The van der Waals surface area contributed by atoms with Gasteiger partial charge in [0.15, 0.2) is 0 Å². The summed E-state index contributed by atoms with van der Waals surface area (Å²) in [6.45, 7) is 2.42. The highest BCUT2D eigenvalue weighted by atomic mass is 16.5. The van der Waals surface area contributed by atoms with Gasteiger partial charge in [0.25, 0.3) is 0 Å². The van der Waals surface area contributed by atoms with Crippen molar-refractivity contribution in [3.05, 3.63) is 53.9 Å². The molecule has 0 aliphatic carbocycles. The Bertz CT molecular complexity index is 718. The molecule has 2 aromatic rings. The fraction of sp³-hybridized carbons (Fsp3) is 0.368. The van der Waals surface area contributed by atoms with E-state index in [2.05, 4.69) is 4.98 Å². The number of amides is 1. The lowest BCUT2D eigenvalue weighted by Crippen LogP contribution is -2.39. The fourth-order valence-corrected chi connectivity index (χ4v) is 2.98. The molecule has 0 spiro atoms. The lowest BCUT2D eigenvalue weighted by atomic mass is 9.94. The molecular formula is C19H22N2O3. The molecule has 0 unspecified atom stereocenters. The Balaban J connectivity index is 1.71. The van der Waals surface area contributed by atoms with Crippen LogP contribution in [0.15, 0.2) is 42.7 Å². The number of hydrogen-bond acceptors (Lipinski definition) is 4. The molecule has 1 aromatic carbocycles. The van der Waals surface area contributed by atoms with Crippen molar-refractivity contribution in [2.24, 2.45) is 5.92 Å². The summed E-state index contributed by atoms with van der Waals surface area (Å²) in [4.78, 5) is 18.7. The van der Waals surface area contributed by atoms with Crippen LogP contribution in [0.5, 0.6) is 11.5 Å². The Labute approximate surface area is 142 Å². The first-order valence-corrected chi connectivity index (χ1v) is 8.06. The molecule has 0 fully saturated rings. The SMILES string of the molecule is COc1ccc2c(c1)OC[C@H](C(=O)N(C)[C@H](C)c1ccncc1)C2. The molecule has 24 heavy (non-hydrogen) atoms. The van der Waals surface area contributed by atoms with Crippen molar-refractivity contribution in [2.75, 3.05) is 20.8 Å². The van der Waals surface area contributed by atoms with Gasteiger partial charge in [0.1, 0.15) is 18.1 Å². The van der Waals surface area contributed by atoms with E-state index in [1.165, 1.54) is 0 Å². The van der Waals surface area contributed by atoms with E-state index in [9.17, 15) is 4.79 Å². The Hall–Kier alpha value is -2.56. The molecule has 0 radical (unpaired) electrons. The zero-order valence-electron chi connectivity index (χ0n) is 14.2. The van der Waals surface area contributed by atoms with Crippen LogP contribution in [-0.2, 0) is 11.2 Å². The van der Waals surface area contributed by atoms with Gasteiger partial charge in [-0.15, -0.1) is 0 Å². The number of methoxy groups -OCH3 is 1. The van der Waals surface area contributed by atoms with Crippen molar-refractivity contribution in [1.29, 1.82) is 0 Å². The van der Waals surface area contributed by atoms with Gasteiger partial charge in [0.05, 0.1) is 19.1 Å². The van der Waals surface area contributed by atoms with Gasteiger partial charge in [-0.1, -0.05) is 6.07 Å². The molecule has 2 atom stereocenters. The first kappa shape index (κ1) is 16.3. The number of rotatable bonds is 4. The third-order valence-electron chi connectivity index (χ3n) is 4.65. The van der Waals surface area contributed by atoms with Gasteiger partial charge in [0.2, 0.25) is 5.91 Å². The summed E-state index contributed by atoms with van der Waals surface area (Å²) in [6.07, 6.45) is 4.18. The summed E-state index contributed by atoms with van der Waals surface area (Å²) in [5, 5.41) is 0. The molecule has 3 rings (SSSR count). The van der Waals surface area contributed by atoms with E-state index >= 15 is 0 Å². The van der Waals surface area contributed by atoms with E-state index in [4.69, 9.17) is 9.47 Å². The standard InChI is InChI=1S/C19H22N2O3/c1-13(14-6-8-20-9-7-14)21(2)19(22)16-10-15-4-5-17(23-3)11-18(15)24-12-16/h4-9,11,13,16H,10,12H2,1-3H3/t13-,16-/m1/s1. The van der Waals surface area contributed by atoms with Gasteiger partial charge in [0, 0.05) is 25.5 Å². The number of carbonyl (C=O) groups is 1. The highest BCUT2D eigenvalue weighted by molar-refractivity contribution is 5.80.